The number of aromatic nitrogens is 6. The van der Waals surface area contributed by atoms with E-state index in [2.05, 4.69) is 25.6 Å². The number of nitrogens with one attached hydrogen (secondary N) is 1. The molecule has 0 saturated carbocycles. The maximum Gasteiger partial charge on any atom is 0.223 e. The maximum absolute atomic E-state index is 4.68. The first-order valence-corrected chi connectivity index (χ1v) is 6.20. The van der Waals surface area contributed by atoms with E-state index in [0.717, 1.165) is 22.6 Å². The van der Waals surface area contributed by atoms with Gasteiger partial charge in [-0.2, -0.15) is 5.21 Å². The van der Waals surface area contributed by atoms with Gasteiger partial charge in [-0.1, -0.05) is 36.4 Å². The molecule has 4 rings (SSSR count). The van der Waals surface area contributed by atoms with Crippen LogP contribution in [0.15, 0.2) is 54.7 Å². The van der Waals surface area contributed by atoms with Crippen molar-refractivity contribution in [3.8, 4) is 22.8 Å². The Labute approximate surface area is 114 Å². The van der Waals surface area contributed by atoms with Crippen LogP contribution in [0.5, 0.6) is 0 Å². The third kappa shape index (κ3) is 1.58. The lowest BCUT2D eigenvalue weighted by Crippen LogP contribution is -1.91. The number of hydrogen-bond donors (Lipinski definition) is 1. The van der Waals surface area contributed by atoms with Crippen molar-refractivity contribution in [3.05, 3.63) is 54.7 Å². The molecule has 0 fully saturated rings. The normalized spacial score (nSPS) is 11.0. The van der Waals surface area contributed by atoms with E-state index in [9.17, 15) is 0 Å². The zero-order chi connectivity index (χ0) is 13.4. The molecule has 0 aliphatic rings. The van der Waals surface area contributed by atoms with Crippen LogP contribution in [0.3, 0.4) is 0 Å². The van der Waals surface area contributed by atoms with Crippen LogP contribution in [-0.4, -0.2) is 30.0 Å². The molecule has 0 unspecified atom stereocenters. The van der Waals surface area contributed by atoms with Gasteiger partial charge >= 0.3 is 0 Å². The second kappa shape index (κ2) is 4.27. The largest absolute Gasteiger partial charge is 0.296 e. The van der Waals surface area contributed by atoms with Crippen molar-refractivity contribution in [3.63, 3.8) is 0 Å². The highest BCUT2D eigenvalue weighted by Crippen LogP contribution is 2.29. The van der Waals surface area contributed by atoms with Crippen molar-refractivity contribution >= 4 is 5.65 Å². The number of H-pyrrole nitrogens is 1. The third-order valence-electron chi connectivity index (χ3n) is 3.13. The summed E-state index contributed by atoms with van der Waals surface area (Å²) in [4.78, 5) is 4.68. The Bertz CT molecular complexity index is 848. The Morgan fingerprint density at radius 1 is 0.950 bits per heavy atom. The summed E-state index contributed by atoms with van der Waals surface area (Å²) >= 11 is 0. The molecule has 0 aliphatic carbocycles. The van der Waals surface area contributed by atoms with Crippen molar-refractivity contribution < 1.29 is 0 Å². The standard InChI is InChI=1S/C14H10N6/c1-2-6-10(7-3-1)12-13(14-16-18-19-17-14)20-9-5-4-8-11(20)15-12/h1-9H,(H,16,17,18,19). The zero-order valence-electron chi connectivity index (χ0n) is 10.4. The first-order valence-electron chi connectivity index (χ1n) is 6.20. The first-order chi connectivity index (χ1) is 9.93. The van der Waals surface area contributed by atoms with Crippen molar-refractivity contribution in [2.75, 3.05) is 0 Å². The Morgan fingerprint density at radius 3 is 2.60 bits per heavy atom. The van der Waals surface area contributed by atoms with Crippen LogP contribution in [0.4, 0.5) is 0 Å². The minimum atomic E-state index is 0.530. The molecule has 6 heteroatoms. The van der Waals surface area contributed by atoms with Crippen molar-refractivity contribution in [1.29, 1.82) is 0 Å². The van der Waals surface area contributed by atoms with Gasteiger partial charge in [0.25, 0.3) is 0 Å². The SMILES string of the molecule is c1ccc(-c2nc3ccccn3c2-c2nn[nH]n2)cc1. The Hall–Kier alpha value is -3.02. The Kier molecular flexibility index (Phi) is 2.32. The van der Waals surface area contributed by atoms with Gasteiger partial charge in [0.1, 0.15) is 17.0 Å². The molecule has 6 nitrogen and oxygen atoms in total. The van der Waals surface area contributed by atoms with E-state index in [1.54, 1.807) is 0 Å². The molecule has 0 radical (unpaired) electrons. The minimum absolute atomic E-state index is 0.530. The molecule has 0 atom stereocenters. The van der Waals surface area contributed by atoms with E-state index in [1.807, 2.05) is 59.1 Å². The molecule has 3 aromatic heterocycles. The van der Waals surface area contributed by atoms with Crippen LogP contribution in [0, 0.1) is 0 Å². The van der Waals surface area contributed by atoms with Gasteiger partial charge in [0.15, 0.2) is 0 Å². The van der Waals surface area contributed by atoms with E-state index in [-0.39, 0.29) is 0 Å². The third-order valence-corrected chi connectivity index (χ3v) is 3.13. The lowest BCUT2D eigenvalue weighted by molar-refractivity contribution is 0.881. The highest BCUT2D eigenvalue weighted by molar-refractivity contribution is 5.78. The second-order valence-corrected chi connectivity index (χ2v) is 4.34. The van der Waals surface area contributed by atoms with Gasteiger partial charge in [0.05, 0.1) is 0 Å². The number of tetrazole rings is 1. The summed E-state index contributed by atoms with van der Waals surface area (Å²) in [5, 5.41) is 14.3. The smallest absolute Gasteiger partial charge is 0.223 e. The van der Waals surface area contributed by atoms with Crippen LogP contribution in [0.2, 0.25) is 0 Å². The second-order valence-electron chi connectivity index (χ2n) is 4.34. The average molecular weight is 262 g/mol. The highest BCUT2D eigenvalue weighted by atomic mass is 15.5. The monoisotopic (exact) mass is 262 g/mol. The summed E-state index contributed by atoms with van der Waals surface area (Å²) in [6.07, 6.45) is 1.94. The number of benzene rings is 1. The van der Waals surface area contributed by atoms with Gasteiger partial charge in [-0.25, -0.2) is 4.98 Å². The predicted octanol–water partition coefficient (Wildman–Crippen LogP) is 2.18. The number of rotatable bonds is 2. The average Bonchev–Trinajstić information content (AvgIpc) is 3.14. The molecule has 0 saturated heterocycles. The zero-order valence-corrected chi connectivity index (χ0v) is 10.4. The Morgan fingerprint density at radius 2 is 1.80 bits per heavy atom. The number of pyridine rings is 1. The van der Waals surface area contributed by atoms with Crippen molar-refractivity contribution in [1.82, 2.24) is 30.0 Å². The predicted molar refractivity (Wildman–Crippen MR) is 73.8 cm³/mol. The first kappa shape index (κ1) is 10.9. The molecular formula is C14H10N6. The molecule has 1 N–H and O–H groups in total. The van der Waals surface area contributed by atoms with Crippen LogP contribution in [0.1, 0.15) is 0 Å². The molecule has 0 bridgehead atoms. The number of nitrogens with zero attached hydrogens (tertiary/aromatic N) is 5. The van der Waals surface area contributed by atoms with Gasteiger partial charge < -0.3 is 0 Å². The molecular weight excluding hydrogens is 252 g/mol. The van der Waals surface area contributed by atoms with Crippen LogP contribution >= 0.6 is 0 Å². The number of hydrogen-bond acceptors (Lipinski definition) is 4. The van der Waals surface area contributed by atoms with E-state index in [0.29, 0.717) is 5.82 Å². The molecule has 0 amide bonds. The quantitative estimate of drug-likeness (QED) is 0.601. The van der Waals surface area contributed by atoms with E-state index in [1.165, 1.54) is 0 Å². The number of fused-ring (bicyclic) bond motifs is 1. The van der Waals surface area contributed by atoms with Crippen molar-refractivity contribution in [2.24, 2.45) is 0 Å². The molecule has 96 valence electrons. The lowest BCUT2D eigenvalue weighted by atomic mass is 10.1. The molecule has 0 aliphatic heterocycles. The summed E-state index contributed by atoms with van der Waals surface area (Å²) in [7, 11) is 0. The fourth-order valence-electron chi connectivity index (χ4n) is 2.27. The fraction of sp³-hybridized carbons (Fsp3) is 0. The van der Waals surface area contributed by atoms with Gasteiger partial charge in [-0.3, -0.25) is 4.40 Å². The fourth-order valence-corrected chi connectivity index (χ4v) is 2.27. The number of imidazole rings is 1. The van der Waals surface area contributed by atoms with Crippen molar-refractivity contribution in [2.45, 2.75) is 0 Å². The van der Waals surface area contributed by atoms with E-state index >= 15 is 0 Å². The summed E-state index contributed by atoms with van der Waals surface area (Å²) in [6.45, 7) is 0. The number of aromatic amines is 1. The van der Waals surface area contributed by atoms with Gasteiger partial charge in [0, 0.05) is 11.8 Å². The summed E-state index contributed by atoms with van der Waals surface area (Å²) in [6, 6.07) is 15.9. The van der Waals surface area contributed by atoms with Gasteiger partial charge in [-0.15, -0.1) is 10.2 Å². The summed E-state index contributed by atoms with van der Waals surface area (Å²) in [5.74, 6) is 0.530. The van der Waals surface area contributed by atoms with E-state index < -0.39 is 0 Å². The maximum atomic E-state index is 4.68. The van der Waals surface area contributed by atoms with E-state index in [4.69, 9.17) is 0 Å². The highest BCUT2D eigenvalue weighted by Gasteiger charge is 2.18. The van der Waals surface area contributed by atoms with Gasteiger partial charge in [-0.05, 0) is 17.3 Å². The molecule has 0 spiro atoms. The Balaban J connectivity index is 2.08. The minimum Gasteiger partial charge on any atom is -0.296 e. The van der Waals surface area contributed by atoms with Gasteiger partial charge in [0.2, 0.25) is 5.82 Å². The van der Waals surface area contributed by atoms with Crippen LogP contribution in [0.25, 0.3) is 28.4 Å². The molecule has 4 aromatic rings. The topological polar surface area (TPSA) is 71.8 Å². The molecule has 1 aromatic carbocycles. The summed E-state index contributed by atoms with van der Waals surface area (Å²) < 4.78 is 1.97. The van der Waals surface area contributed by atoms with Crippen LogP contribution < -0.4 is 0 Å². The lowest BCUT2D eigenvalue weighted by Gasteiger charge is -2.00. The van der Waals surface area contributed by atoms with Crippen LogP contribution in [-0.2, 0) is 0 Å². The molecule has 20 heavy (non-hydrogen) atoms. The molecule has 3 heterocycles. The summed E-state index contributed by atoms with van der Waals surface area (Å²) in [5.41, 5.74) is 3.56.